The number of benzene rings is 2. The molecule has 12 heteroatoms. The minimum Gasteiger partial charge on any atom is -0.288 e. The molecule has 190 valence electrons. The molecular formula is C25H23Cl2N6O3S+. The van der Waals surface area contributed by atoms with Gasteiger partial charge in [-0.05, 0) is 55.2 Å². The van der Waals surface area contributed by atoms with Gasteiger partial charge in [0.05, 0.1) is 29.3 Å². The Balaban J connectivity index is 1.31. The fraction of sp³-hybridized carbons (Fsp3) is 0.240. The Bertz CT molecular complexity index is 1370. The number of aromatic nitrogens is 2. The molecule has 0 aliphatic carbocycles. The van der Waals surface area contributed by atoms with Gasteiger partial charge >= 0.3 is 5.88 Å². The zero-order valence-electron chi connectivity index (χ0n) is 19.6. The van der Waals surface area contributed by atoms with E-state index in [9.17, 15) is 9.59 Å². The number of nitrogens with zero attached hydrogens (tertiary/aromatic N) is 5. The maximum Gasteiger partial charge on any atom is 0.305 e. The maximum absolute atomic E-state index is 13.3. The number of rotatable bonds is 6. The van der Waals surface area contributed by atoms with Crippen molar-refractivity contribution < 1.29 is 18.9 Å². The van der Waals surface area contributed by atoms with Crippen molar-refractivity contribution in [2.75, 3.05) is 34.1 Å². The molecule has 2 aliphatic rings. The number of amides is 2. The SMILES string of the molecule is O=C(CSC1=N/C(=C/c2ccc(Cl)cc2Cl)C(=O)N1c1ccccc1)Nc1c[n+](N2CCCCC2)no1. The van der Waals surface area contributed by atoms with Crippen LogP contribution >= 0.6 is 35.0 Å². The van der Waals surface area contributed by atoms with Gasteiger partial charge in [0.15, 0.2) is 5.17 Å². The summed E-state index contributed by atoms with van der Waals surface area (Å²) in [6, 6.07) is 14.1. The standard InChI is InChI=1S/C25H22Cl2N6O3S/c26-18-10-9-17(20(27)14-18)13-21-24(35)33(19-7-3-1-4-8-19)25(28-21)37-16-22(34)29-23-15-32(30-36-23)31-11-5-2-6-12-31/h1,3-4,7-10,13-15H,2,5-6,11-12,16H2/p+1/b21-13+. The highest BCUT2D eigenvalue weighted by molar-refractivity contribution is 8.14. The Labute approximate surface area is 227 Å². The highest BCUT2D eigenvalue weighted by Crippen LogP contribution is 2.31. The third kappa shape index (κ3) is 5.98. The largest absolute Gasteiger partial charge is 0.305 e. The first kappa shape index (κ1) is 25.3. The van der Waals surface area contributed by atoms with Crippen LogP contribution in [0.4, 0.5) is 11.6 Å². The van der Waals surface area contributed by atoms with E-state index in [2.05, 4.69) is 20.6 Å². The van der Waals surface area contributed by atoms with Crippen molar-refractivity contribution in [1.82, 2.24) is 5.27 Å². The highest BCUT2D eigenvalue weighted by Gasteiger charge is 2.32. The van der Waals surface area contributed by atoms with E-state index >= 15 is 0 Å². The number of nitrogens with one attached hydrogen (secondary N) is 1. The van der Waals surface area contributed by atoms with Crippen molar-refractivity contribution in [2.45, 2.75) is 19.3 Å². The Kier molecular flexibility index (Phi) is 7.78. The number of hydrogen-bond donors (Lipinski definition) is 1. The number of hydrogen-bond acceptors (Lipinski definition) is 7. The van der Waals surface area contributed by atoms with E-state index < -0.39 is 0 Å². The number of anilines is 2. The summed E-state index contributed by atoms with van der Waals surface area (Å²) >= 11 is 13.4. The Morgan fingerprint density at radius 1 is 1.14 bits per heavy atom. The van der Waals surface area contributed by atoms with E-state index in [-0.39, 0.29) is 29.1 Å². The van der Waals surface area contributed by atoms with E-state index in [1.54, 1.807) is 47.4 Å². The molecule has 2 amide bonds. The number of piperidine rings is 1. The maximum atomic E-state index is 13.3. The molecule has 37 heavy (non-hydrogen) atoms. The van der Waals surface area contributed by atoms with Crippen LogP contribution in [0.25, 0.3) is 6.08 Å². The number of carbonyl (C=O) groups excluding carboxylic acids is 2. The average molecular weight is 558 g/mol. The molecule has 1 aromatic heterocycles. The lowest BCUT2D eigenvalue weighted by molar-refractivity contribution is -0.759. The van der Waals surface area contributed by atoms with Crippen molar-refractivity contribution in [3.63, 3.8) is 0 Å². The molecule has 1 saturated heterocycles. The van der Waals surface area contributed by atoms with Gasteiger partial charge in [0.1, 0.15) is 5.70 Å². The van der Waals surface area contributed by atoms with Crippen LogP contribution in [0, 0.1) is 0 Å². The van der Waals surface area contributed by atoms with Crippen molar-refractivity contribution in [3.8, 4) is 0 Å². The fourth-order valence-electron chi connectivity index (χ4n) is 3.98. The molecule has 0 unspecified atom stereocenters. The zero-order chi connectivity index (χ0) is 25.8. The Morgan fingerprint density at radius 2 is 1.92 bits per heavy atom. The van der Waals surface area contributed by atoms with Crippen molar-refractivity contribution >= 4 is 69.6 Å². The lowest BCUT2D eigenvalue weighted by Gasteiger charge is -2.17. The number of thioether (sulfide) groups is 1. The summed E-state index contributed by atoms with van der Waals surface area (Å²) in [6.45, 7) is 1.78. The van der Waals surface area contributed by atoms with E-state index in [1.807, 2.05) is 18.2 Å². The van der Waals surface area contributed by atoms with Crippen LogP contribution in [-0.4, -0.2) is 41.1 Å². The molecule has 0 spiro atoms. The number of para-hydroxylation sites is 1. The summed E-state index contributed by atoms with van der Waals surface area (Å²) in [5, 5.41) is 10.1. The summed E-state index contributed by atoms with van der Waals surface area (Å²) < 4.78 is 5.28. The predicted molar refractivity (Wildman–Crippen MR) is 145 cm³/mol. The Hall–Kier alpha value is -3.34. The smallest absolute Gasteiger partial charge is 0.288 e. The third-order valence-electron chi connectivity index (χ3n) is 5.77. The van der Waals surface area contributed by atoms with Crippen molar-refractivity contribution in [2.24, 2.45) is 4.99 Å². The van der Waals surface area contributed by atoms with E-state index in [0.29, 0.717) is 26.5 Å². The molecule has 0 saturated carbocycles. The number of aliphatic imine (C=N–C) groups is 1. The van der Waals surface area contributed by atoms with Gasteiger partial charge in [-0.25, -0.2) is 4.99 Å². The molecule has 9 nitrogen and oxygen atoms in total. The predicted octanol–water partition coefficient (Wildman–Crippen LogP) is 4.51. The molecule has 2 aromatic carbocycles. The molecule has 3 heterocycles. The molecular weight excluding hydrogens is 535 g/mol. The normalized spacial score (nSPS) is 16.9. The number of carbonyl (C=O) groups is 2. The minimum absolute atomic E-state index is 0.00877. The van der Waals surface area contributed by atoms with E-state index in [1.165, 1.54) is 11.3 Å². The summed E-state index contributed by atoms with van der Waals surface area (Å²) in [5.41, 5.74) is 1.46. The molecule has 1 N–H and O–H groups in total. The van der Waals surface area contributed by atoms with Gasteiger partial charge in [0, 0.05) is 10.0 Å². The van der Waals surface area contributed by atoms with Gasteiger partial charge in [-0.1, -0.05) is 59.2 Å². The van der Waals surface area contributed by atoms with E-state index in [0.717, 1.165) is 37.7 Å². The molecule has 2 aliphatic heterocycles. The highest BCUT2D eigenvalue weighted by atomic mass is 35.5. The number of halogens is 2. The van der Waals surface area contributed by atoms with Crippen LogP contribution in [0.5, 0.6) is 0 Å². The van der Waals surface area contributed by atoms with Gasteiger partial charge in [-0.2, -0.15) is 5.01 Å². The molecule has 3 aromatic rings. The molecule has 0 atom stereocenters. The fourth-order valence-corrected chi connectivity index (χ4v) is 5.25. The summed E-state index contributed by atoms with van der Waals surface area (Å²) in [7, 11) is 0. The van der Waals surface area contributed by atoms with Crippen molar-refractivity contribution in [1.29, 1.82) is 0 Å². The van der Waals surface area contributed by atoms with Crippen LogP contribution in [-0.2, 0) is 9.59 Å². The quantitative estimate of drug-likeness (QED) is 0.354. The first-order chi connectivity index (χ1) is 18.0. The third-order valence-corrected chi connectivity index (χ3v) is 7.27. The van der Waals surface area contributed by atoms with Crippen LogP contribution in [0.2, 0.25) is 10.0 Å². The zero-order valence-corrected chi connectivity index (χ0v) is 22.0. The molecule has 5 rings (SSSR count). The van der Waals surface area contributed by atoms with Gasteiger partial charge in [0.2, 0.25) is 11.2 Å². The number of amidine groups is 1. The monoisotopic (exact) mass is 557 g/mol. The second kappa shape index (κ2) is 11.4. The second-order valence-corrected chi connectivity index (χ2v) is 10.2. The summed E-state index contributed by atoms with van der Waals surface area (Å²) in [4.78, 5) is 33.6. The first-order valence-electron chi connectivity index (χ1n) is 11.7. The van der Waals surface area contributed by atoms with Crippen LogP contribution in [0.15, 0.2) is 69.9 Å². The topological polar surface area (TPSA) is 94.9 Å². The minimum atomic E-state index is -0.321. The molecule has 1 fully saturated rings. The van der Waals surface area contributed by atoms with Crippen LogP contribution < -0.4 is 20.0 Å². The van der Waals surface area contributed by atoms with Crippen LogP contribution in [0.1, 0.15) is 24.8 Å². The van der Waals surface area contributed by atoms with Gasteiger partial charge in [-0.3, -0.25) is 24.3 Å². The lowest BCUT2D eigenvalue weighted by Crippen LogP contribution is -2.60. The summed E-state index contributed by atoms with van der Waals surface area (Å²) in [6.07, 6.45) is 6.65. The van der Waals surface area contributed by atoms with Crippen molar-refractivity contribution in [3.05, 3.63) is 76.0 Å². The van der Waals surface area contributed by atoms with Gasteiger partial charge < -0.3 is 0 Å². The summed E-state index contributed by atoms with van der Waals surface area (Å²) in [5.74, 6) is -0.376. The molecule has 0 radical (unpaired) electrons. The molecule has 0 bridgehead atoms. The lowest BCUT2D eigenvalue weighted by atomic mass is 10.2. The van der Waals surface area contributed by atoms with Crippen LogP contribution in [0.3, 0.4) is 0 Å². The van der Waals surface area contributed by atoms with Gasteiger partial charge in [-0.15, -0.1) is 0 Å². The average Bonchev–Trinajstić information content (AvgIpc) is 3.49. The van der Waals surface area contributed by atoms with E-state index in [4.69, 9.17) is 27.7 Å². The first-order valence-corrected chi connectivity index (χ1v) is 13.4. The second-order valence-electron chi connectivity index (χ2n) is 8.40. The van der Waals surface area contributed by atoms with Gasteiger partial charge in [0.25, 0.3) is 12.1 Å². The Morgan fingerprint density at radius 3 is 2.68 bits per heavy atom.